The van der Waals surface area contributed by atoms with Crippen LogP contribution in [0.2, 0.25) is 5.02 Å². The lowest BCUT2D eigenvalue weighted by molar-refractivity contribution is 1.24. The number of rotatable bonds is 0. The van der Waals surface area contributed by atoms with Gasteiger partial charge in [-0.15, -0.1) is 0 Å². The summed E-state index contributed by atoms with van der Waals surface area (Å²) in [5, 5.41) is 2.57. The minimum absolute atomic E-state index is 0.401. The number of nitrogens with two attached hydrogens (primary N) is 1. The van der Waals surface area contributed by atoms with E-state index in [4.69, 9.17) is 17.3 Å². The van der Waals surface area contributed by atoms with E-state index in [1.165, 1.54) is 0 Å². The molecule has 2 aromatic rings. The Bertz CT molecular complexity index is 466. The molecule has 0 saturated carbocycles. The summed E-state index contributed by atoms with van der Waals surface area (Å²) in [7, 11) is 0. The van der Waals surface area contributed by atoms with E-state index in [1.807, 2.05) is 31.2 Å². The molecule has 0 amide bonds. The highest BCUT2D eigenvalue weighted by Crippen LogP contribution is 2.28. The van der Waals surface area contributed by atoms with E-state index in [9.17, 15) is 0 Å². The number of aromatic nitrogens is 1. The van der Waals surface area contributed by atoms with Crippen LogP contribution in [0.25, 0.3) is 10.8 Å². The number of nitrogens with zero attached hydrogens (tertiary/aromatic N) is 1. The molecular formula is C10H9ClN2. The van der Waals surface area contributed by atoms with E-state index < -0.39 is 0 Å². The molecule has 0 aliphatic heterocycles. The van der Waals surface area contributed by atoms with Crippen molar-refractivity contribution in [2.45, 2.75) is 6.92 Å². The zero-order chi connectivity index (χ0) is 9.42. The van der Waals surface area contributed by atoms with Crippen LogP contribution in [0.15, 0.2) is 24.3 Å². The number of halogens is 1. The van der Waals surface area contributed by atoms with Crippen molar-refractivity contribution >= 4 is 28.2 Å². The number of hydrogen-bond donors (Lipinski definition) is 1. The third-order valence-corrected chi connectivity index (χ3v) is 2.46. The molecule has 2 N–H and O–H groups in total. The Hall–Kier alpha value is -1.28. The van der Waals surface area contributed by atoms with Gasteiger partial charge in [0.25, 0.3) is 0 Å². The molecule has 0 aliphatic rings. The average molecular weight is 193 g/mol. The van der Waals surface area contributed by atoms with Crippen molar-refractivity contribution in [3.63, 3.8) is 0 Å². The largest absolute Gasteiger partial charge is 0.382 e. The van der Waals surface area contributed by atoms with Crippen LogP contribution in [-0.2, 0) is 0 Å². The summed E-state index contributed by atoms with van der Waals surface area (Å²) in [6, 6.07) is 7.84. The van der Waals surface area contributed by atoms with Crippen LogP contribution in [0.5, 0.6) is 0 Å². The Kier molecular flexibility index (Phi) is 1.85. The Morgan fingerprint density at radius 3 is 2.54 bits per heavy atom. The van der Waals surface area contributed by atoms with Gasteiger partial charge in [0.05, 0.1) is 5.02 Å². The van der Waals surface area contributed by atoms with E-state index in [0.29, 0.717) is 10.8 Å². The van der Waals surface area contributed by atoms with Crippen molar-refractivity contribution in [3.8, 4) is 0 Å². The van der Waals surface area contributed by atoms with Crippen LogP contribution in [0.3, 0.4) is 0 Å². The van der Waals surface area contributed by atoms with Crippen molar-refractivity contribution in [2.75, 3.05) is 5.73 Å². The van der Waals surface area contributed by atoms with Gasteiger partial charge in [-0.25, -0.2) is 4.98 Å². The molecule has 0 unspecified atom stereocenters. The van der Waals surface area contributed by atoms with E-state index in [-0.39, 0.29) is 0 Å². The first-order valence-electron chi connectivity index (χ1n) is 4.00. The van der Waals surface area contributed by atoms with Crippen molar-refractivity contribution in [2.24, 2.45) is 0 Å². The van der Waals surface area contributed by atoms with Crippen molar-refractivity contribution in [1.82, 2.24) is 4.98 Å². The minimum atomic E-state index is 0.401. The summed E-state index contributed by atoms with van der Waals surface area (Å²) >= 11 is 6.01. The van der Waals surface area contributed by atoms with Gasteiger partial charge in [-0.05, 0) is 6.92 Å². The molecule has 0 atom stereocenters. The molecule has 66 valence electrons. The monoisotopic (exact) mass is 192 g/mol. The normalized spacial score (nSPS) is 10.6. The van der Waals surface area contributed by atoms with Gasteiger partial charge in [0.15, 0.2) is 0 Å². The highest BCUT2D eigenvalue weighted by Gasteiger charge is 2.05. The van der Waals surface area contributed by atoms with E-state index >= 15 is 0 Å². The molecule has 0 spiro atoms. The van der Waals surface area contributed by atoms with E-state index in [1.54, 1.807) is 0 Å². The van der Waals surface area contributed by atoms with Crippen LogP contribution >= 0.6 is 11.6 Å². The third-order valence-electron chi connectivity index (χ3n) is 2.07. The molecule has 0 radical (unpaired) electrons. The highest BCUT2D eigenvalue weighted by atomic mass is 35.5. The Labute approximate surface area is 81.3 Å². The van der Waals surface area contributed by atoms with Gasteiger partial charge in [-0.3, -0.25) is 0 Å². The van der Waals surface area contributed by atoms with Crippen molar-refractivity contribution in [3.05, 3.63) is 35.0 Å². The van der Waals surface area contributed by atoms with Gasteiger partial charge in [-0.1, -0.05) is 35.9 Å². The summed E-state index contributed by atoms with van der Waals surface area (Å²) in [5.41, 5.74) is 6.56. The summed E-state index contributed by atoms with van der Waals surface area (Å²) in [4.78, 5) is 4.15. The van der Waals surface area contributed by atoms with Crippen LogP contribution < -0.4 is 5.73 Å². The summed E-state index contributed by atoms with van der Waals surface area (Å²) in [5.74, 6) is 0.401. The average Bonchev–Trinajstić information content (AvgIpc) is 2.15. The van der Waals surface area contributed by atoms with Gasteiger partial charge < -0.3 is 5.73 Å². The Morgan fingerprint density at radius 1 is 1.23 bits per heavy atom. The molecule has 0 bridgehead atoms. The number of nitrogen functional groups attached to an aromatic ring is 1. The number of anilines is 1. The van der Waals surface area contributed by atoms with Crippen molar-refractivity contribution in [1.29, 1.82) is 0 Å². The van der Waals surface area contributed by atoms with Crippen LogP contribution in [-0.4, -0.2) is 4.98 Å². The predicted octanol–water partition coefficient (Wildman–Crippen LogP) is 2.78. The van der Waals surface area contributed by atoms with Crippen LogP contribution in [0.1, 0.15) is 5.69 Å². The molecule has 0 saturated heterocycles. The molecular weight excluding hydrogens is 184 g/mol. The van der Waals surface area contributed by atoms with Gasteiger partial charge in [0.2, 0.25) is 0 Å². The standard InChI is InChI=1S/C10H9ClN2/c1-6-7-4-2-3-5-8(7)9(11)10(12)13-6/h2-5H,1H3,(H2,12,13). The Balaban J connectivity index is 2.97. The van der Waals surface area contributed by atoms with Crippen LogP contribution in [0, 0.1) is 6.92 Å². The van der Waals surface area contributed by atoms with Gasteiger partial charge >= 0.3 is 0 Å². The molecule has 1 aromatic carbocycles. The zero-order valence-corrected chi connectivity index (χ0v) is 7.97. The van der Waals surface area contributed by atoms with Gasteiger partial charge in [0.1, 0.15) is 5.82 Å². The minimum Gasteiger partial charge on any atom is -0.382 e. The van der Waals surface area contributed by atoms with Gasteiger partial charge in [0, 0.05) is 16.5 Å². The second-order valence-electron chi connectivity index (χ2n) is 2.94. The predicted molar refractivity (Wildman–Crippen MR) is 55.9 cm³/mol. The topological polar surface area (TPSA) is 38.9 Å². The second kappa shape index (κ2) is 2.89. The smallest absolute Gasteiger partial charge is 0.143 e. The highest BCUT2D eigenvalue weighted by molar-refractivity contribution is 6.37. The number of benzene rings is 1. The zero-order valence-electron chi connectivity index (χ0n) is 7.21. The third kappa shape index (κ3) is 1.23. The molecule has 13 heavy (non-hydrogen) atoms. The first-order chi connectivity index (χ1) is 6.20. The molecule has 2 nitrogen and oxygen atoms in total. The second-order valence-corrected chi connectivity index (χ2v) is 3.32. The molecule has 1 heterocycles. The molecule has 1 aromatic heterocycles. The summed E-state index contributed by atoms with van der Waals surface area (Å²) in [6.07, 6.45) is 0. The summed E-state index contributed by atoms with van der Waals surface area (Å²) in [6.45, 7) is 1.93. The first kappa shape index (κ1) is 8.32. The van der Waals surface area contributed by atoms with Crippen LogP contribution in [0.4, 0.5) is 5.82 Å². The number of fused-ring (bicyclic) bond motifs is 1. The lowest BCUT2D eigenvalue weighted by atomic mass is 10.1. The number of aryl methyl sites for hydroxylation is 1. The number of pyridine rings is 1. The lowest BCUT2D eigenvalue weighted by Gasteiger charge is -2.05. The SMILES string of the molecule is Cc1nc(N)c(Cl)c2ccccc12. The van der Waals surface area contributed by atoms with Gasteiger partial charge in [-0.2, -0.15) is 0 Å². The number of hydrogen-bond acceptors (Lipinski definition) is 2. The fourth-order valence-corrected chi connectivity index (χ4v) is 1.63. The first-order valence-corrected chi connectivity index (χ1v) is 4.38. The van der Waals surface area contributed by atoms with E-state index in [2.05, 4.69) is 4.98 Å². The molecule has 2 rings (SSSR count). The maximum absolute atomic E-state index is 6.01. The van der Waals surface area contributed by atoms with Crippen molar-refractivity contribution < 1.29 is 0 Å². The maximum Gasteiger partial charge on any atom is 0.143 e. The fourth-order valence-electron chi connectivity index (χ4n) is 1.42. The Morgan fingerprint density at radius 2 is 1.85 bits per heavy atom. The molecule has 0 fully saturated rings. The lowest BCUT2D eigenvalue weighted by Crippen LogP contribution is -1.94. The maximum atomic E-state index is 6.01. The summed E-state index contributed by atoms with van der Waals surface area (Å²) < 4.78 is 0. The quantitative estimate of drug-likeness (QED) is 0.697. The molecule has 0 aliphatic carbocycles. The van der Waals surface area contributed by atoms with E-state index in [0.717, 1.165) is 16.5 Å². The molecule has 3 heteroatoms. The fraction of sp³-hybridized carbons (Fsp3) is 0.100.